The van der Waals surface area contributed by atoms with E-state index in [9.17, 15) is 5.11 Å². The summed E-state index contributed by atoms with van der Waals surface area (Å²) in [6, 6.07) is 10.8. The highest BCUT2D eigenvalue weighted by atomic mass is 32.2. The van der Waals surface area contributed by atoms with Gasteiger partial charge in [-0.2, -0.15) is 11.8 Å². The number of aliphatic hydroxyl groups excluding tert-OH is 1. The molecule has 0 radical (unpaired) electrons. The van der Waals surface area contributed by atoms with Crippen molar-refractivity contribution in [2.45, 2.75) is 24.9 Å². The largest absolute Gasteiger partial charge is 0.394 e. The molecule has 2 N–H and O–H groups in total. The van der Waals surface area contributed by atoms with Crippen molar-refractivity contribution in [2.24, 2.45) is 0 Å². The van der Waals surface area contributed by atoms with E-state index in [0.29, 0.717) is 6.04 Å². The van der Waals surface area contributed by atoms with Crippen LogP contribution in [-0.4, -0.2) is 29.3 Å². The summed E-state index contributed by atoms with van der Waals surface area (Å²) in [7, 11) is 0. The molecule has 16 heavy (non-hydrogen) atoms. The SMILES string of the molecule is OCC(NC1CCCSC1)c1ccccc1. The van der Waals surface area contributed by atoms with Gasteiger partial charge in [0.2, 0.25) is 0 Å². The molecule has 2 unspecified atom stereocenters. The molecule has 1 aromatic carbocycles. The van der Waals surface area contributed by atoms with Gasteiger partial charge in [0.25, 0.3) is 0 Å². The minimum Gasteiger partial charge on any atom is -0.394 e. The average Bonchev–Trinajstić information content (AvgIpc) is 2.38. The molecular weight excluding hydrogens is 218 g/mol. The second-order valence-electron chi connectivity index (χ2n) is 4.23. The summed E-state index contributed by atoms with van der Waals surface area (Å²) < 4.78 is 0. The molecule has 3 heteroatoms. The van der Waals surface area contributed by atoms with Gasteiger partial charge in [0, 0.05) is 11.8 Å². The number of hydrogen-bond acceptors (Lipinski definition) is 3. The van der Waals surface area contributed by atoms with Gasteiger partial charge in [0.1, 0.15) is 0 Å². The topological polar surface area (TPSA) is 32.3 Å². The third-order valence-corrected chi connectivity index (χ3v) is 4.20. The summed E-state index contributed by atoms with van der Waals surface area (Å²) in [6.07, 6.45) is 2.52. The van der Waals surface area contributed by atoms with Crippen LogP contribution in [0.5, 0.6) is 0 Å². The first-order valence-electron chi connectivity index (χ1n) is 5.90. The van der Waals surface area contributed by atoms with Crippen LogP contribution in [0.4, 0.5) is 0 Å². The van der Waals surface area contributed by atoms with Gasteiger partial charge in [0.05, 0.1) is 12.6 Å². The standard InChI is InChI=1S/C13H19NOS/c15-9-13(11-5-2-1-3-6-11)14-12-7-4-8-16-10-12/h1-3,5-6,12-15H,4,7-10H2. The van der Waals surface area contributed by atoms with E-state index < -0.39 is 0 Å². The van der Waals surface area contributed by atoms with Gasteiger partial charge in [0.15, 0.2) is 0 Å². The molecule has 0 bridgehead atoms. The summed E-state index contributed by atoms with van der Waals surface area (Å²) in [5, 5.41) is 13.0. The molecule has 1 heterocycles. The smallest absolute Gasteiger partial charge is 0.0626 e. The second kappa shape index (κ2) is 6.28. The lowest BCUT2D eigenvalue weighted by Gasteiger charge is -2.27. The summed E-state index contributed by atoms with van der Waals surface area (Å²) in [4.78, 5) is 0. The van der Waals surface area contributed by atoms with Crippen molar-refractivity contribution in [3.8, 4) is 0 Å². The van der Waals surface area contributed by atoms with E-state index in [2.05, 4.69) is 17.4 Å². The number of nitrogens with one attached hydrogen (secondary N) is 1. The van der Waals surface area contributed by atoms with Crippen LogP contribution in [0.2, 0.25) is 0 Å². The Morgan fingerprint density at radius 3 is 2.81 bits per heavy atom. The Morgan fingerprint density at radius 1 is 1.38 bits per heavy atom. The fourth-order valence-corrected chi connectivity index (χ4v) is 3.18. The minimum absolute atomic E-state index is 0.0879. The predicted octanol–water partition coefficient (Wildman–Crippen LogP) is 2.21. The molecule has 0 saturated carbocycles. The lowest BCUT2D eigenvalue weighted by molar-refractivity contribution is 0.233. The number of thioether (sulfide) groups is 1. The van der Waals surface area contributed by atoms with E-state index in [1.165, 1.54) is 29.9 Å². The zero-order chi connectivity index (χ0) is 11.2. The molecule has 88 valence electrons. The van der Waals surface area contributed by atoms with Crippen LogP contribution in [0.3, 0.4) is 0 Å². The first-order chi connectivity index (χ1) is 7.90. The highest BCUT2D eigenvalue weighted by molar-refractivity contribution is 7.99. The van der Waals surface area contributed by atoms with Crippen LogP contribution in [0.25, 0.3) is 0 Å². The highest BCUT2D eigenvalue weighted by Crippen LogP contribution is 2.20. The van der Waals surface area contributed by atoms with E-state index in [4.69, 9.17) is 0 Å². The minimum atomic E-state index is 0.0879. The maximum Gasteiger partial charge on any atom is 0.0626 e. The van der Waals surface area contributed by atoms with Gasteiger partial charge in [-0.1, -0.05) is 30.3 Å². The molecule has 0 aliphatic carbocycles. The van der Waals surface area contributed by atoms with Crippen LogP contribution in [0.1, 0.15) is 24.4 Å². The zero-order valence-electron chi connectivity index (χ0n) is 9.43. The molecule has 2 atom stereocenters. The van der Waals surface area contributed by atoms with Crippen LogP contribution >= 0.6 is 11.8 Å². The molecule has 2 rings (SSSR count). The summed E-state index contributed by atoms with van der Waals surface area (Å²) in [5.74, 6) is 2.46. The molecule has 1 saturated heterocycles. The Morgan fingerprint density at radius 2 is 2.19 bits per heavy atom. The Bertz CT molecular complexity index is 298. The van der Waals surface area contributed by atoms with Gasteiger partial charge in [-0.3, -0.25) is 0 Å². The molecule has 1 fully saturated rings. The normalized spacial score (nSPS) is 22.9. The first kappa shape index (κ1) is 12.0. The Labute approximate surface area is 101 Å². The lowest BCUT2D eigenvalue weighted by atomic mass is 10.1. The van der Waals surface area contributed by atoms with Crippen LogP contribution in [0, 0.1) is 0 Å². The third kappa shape index (κ3) is 3.24. The third-order valence-electron chi connectivity index (χ3n) is 2.98. The van der Waals surface area contributed by atoms with Crippen LogP contribution < -0.4 is 5.32 Å². The van der Waals surface area contributed by atoms with E-state index in [1.807, 2.05) is 30.0 Å². The molecule has 0 aromatic heterocycles. The molecule has 0 amide bonds. The summed E-state index contributed by atoms with van der Waals surface area (Å²) >= 11 is 2.01. The van der Waals surface area contributed by atoms with Gasteiger partial charge in [-0.05, 0) is 24.2 Å². The van der Waals surface area contributed by atoms with Crippen molar-refractivity contribution in [3.63, 3.8) is 0 Å². The maximum atomic E-state index is 9.44. The van der Waals surface area contributed by atoms with E-state index in [0.717, 1.165) is 0 Å². The van der Waals surface area contributed by atoms with Gasteiger partial charge in [-0.15, -0.1) is 0 Å². The maximum absolute atomic E-state index is 9.44. The van der Waals surface area contributed by atoms with Crippen molar-refractivity contribution in [3.05, 3.63) is 35.9 Å². The fraction of sp³-hybridized carbons (Fsp3) is 0.538. The molecule has 2 nitrogen and oxygen atoms in total. The van der Waals surface area contributed by atoms with Crippen LogP contribution in [-0.2, 0) is 0 Å². The molecule has 1 aliphatic heterocycles. The summed E-state index contributed by atoms with van der Waals surface area (Å²) in [5.41, 5.74) is 1.18. The molecular formula is C13H19NOS. The van der Waals surface area contributed by atoms with Crippen LogP contribution in [0.15, 0.2) is 30.3 Å². The van der Waals surface area contributed by atoms with Crippen molar-refractivity contribution >= 4 is 11.8 Å². The Hall–Kier alpha value is -0.510. The molecule has 0 spiro atoms. The van der Waals surface area contributed by atoms with E-state index in [1.54, 1.807) is 0 Å². The molecule has 1 aromatic rings. The highest BCUT2D eigenvalue weighted by Gasteiger charge is 2.18. The lowest BCUT2D eigenvalue weighted by Crippen LogP contribution is -2.38. The number of benzene rings is 1. The van der Waals surface area contributed by atoms with Crippen molar-refractivity contribution in [1.82, 2.24) is 5.32 Å². The summed E-state index contributed by atoms with van der Waals surface area (Å²) in [6.45, 7) is 0.172. The van der Waals surface area contributed by atoms with Gasteiger partial charge >= 0.3 is 0 Å². The monoisotopic (exact) mass is 237 g/mol. The van der Waals surface area contributed by atoms with E-state index >= 15 is 0 Å². The Kier molecular flexibility index (Phi) is 4.69. The first-order valence-corrected chi connectivity index (χ1v) is 7.05. The average molecular weight is 237 g/mol. The van der Waals surface area contributed by atoms with E-state index in [-0.39, 0.29) is 12.6 Å². The quantitative estimate of drug-likeness (QED) is 0.842. The Balaban J connectivity index is 1.94. The van der Waals surface area contributed by atoms with Gasteiger partial charge in [-0.25, -0.2) is 0 Å². The number of aliphatic hydroxyl groups is 1. The zero-order valence-corrected chi connectivity index (χ0v) is 10.2. The number of rotatable bonds is 4. The number of hydrogen-bond donors (Lipinski definition) is 2. The van der Waals surface area contributed by atoms with Crippen molar-refractivity contribution < 1.29 is 5.11 Å². The van der Waals surface area contributed by atoms with Crippen molar-refractivity contribution in [1.29, 1.82) is 0 Å². The second-order valence-corrected chi connectivity index (χ2v) is 5.38. The van der Waals surface area contributed by atoms with Gasteiger partial charge < -0.3 is 10.4 Å². The fourth-order valence-electron chi connectivity index (χ4n) is 2.10. The van der Waals surface area contributed by atoms with Crippen molar-refractivity contribution in [2.75, 3.05) is 18.1 Å². The molecule has 1 aliphatic rings. The predicted molar refractivity (Wildman–Crippen MR) is 69.8 cm³/mol.